The first-order valence-electron chi connectivity index (χ1n) is 5.84. The highest BCUT2D eigenvalue weighted by Crippen LogP contribution is 2.23. The fourth-order valence-corrected chi connectivity index (χ4v) is 1.77. The van der Waals surface area contributed by atoms with E-state index in [0.29, 0.717) is 0 Å². The van der Waals surface area contributed by atoms with Crippen LogP contribution in [0.15, 0.2) is 54.6 Å². The minimum Gasteiger partial charge on any atom is -0.497 e. The standard InChI is InChI=1S/C16H14O3/c1-19-15-8-6-13(7-9-15)14-4-2-3-12(11-14)5-10-16(17)18/h2-11H,1H3,(H,17,18)/b10-5+. The number of benzene rings is 2. The minimum absolute atomic E-state index is 0.811. The summed E-state index contributed by atoms with van der Waals surface area (Å²) in [5, 5.41) is 8.62. The van der Waals surface area contributed by atoms with Gasteiger partial charge in [-0.1, -0.05) is 30.3 Å². The van der Waals surface area contributed by atoms with E-state index < -0.39 is 5.97 Å². The number of ether oxygens (including phenoxy) is 1. The van der Waals surface area contributed by atoms with Crippen LogP contribution in [0, 0.1) is 0 Å². The van der Waals surface area contributed by atoms with Crippen molar-refractivity contribution in [3.8, 4) is 16.9 Å². The quantitative estimate of drug-likeness (QED) is 0.850. The summed E-state index contributed by atoms with van der Waals surface area (Å²) < 4.78 is 5.12. The molecule has 0 spiro atoms. The highest BCUT2D eigenvalue weighted by molar-refractivity contribution is 5.85. The molecular formula is C16H14O3. The Morgan fingerprint density at radius 2 is 1.84 bits per heavy atom. The third-order valence-electron chi connectivity index (χ3n) is 2.73. The van der Waals surface area contributed by atoms with Gasteiger partial charge in [-0.05, 0) is 41.0 Å². The lowest BCUT2D eigenvalue weighted by Crippen LogP contribution is -1.86. The predicted octanol–water partition coefficient (Wildman–Crippen LogP) is 3.46. The molecule has 96 valence electrons. The fraction of sp³-hybridized carbons (Fsp3) is 0.0625. The van der Waals surface area contributed by atoms with Crippen LogP contribution in [-0.4, -0.2) is 18.2 Å². The minimum atomic E-state index is -0.949. The molecule has 0 unspecified atom stereocenters. The Morgan fingerprint density at radius 3 is 2.47 bits per heavy atom. The van der Waals surface area contributed by atoms with Crippen molar-refractivity contribution in [3.05, 3.63) is 60.2 Å². The zero-order valence-electron chi connectivity index (χ0n) is 10.5. The van der Waals surface area contributed by atoms with Crippen LogP contribution in [0.3, 0.4) is 0 Å². The molecule has 0 saturated carbocycles. The number of carboxylic acid groups (broad SMARTS) is 1. The molecule has 3 heteroatoms. The summed E-state index contributed by atoms with van der Waals surface area (Å²) in [5.74, 6) is -0.138. The number of hydrogen-bond acceptors (Lipinski definition) is 2. The van der Waals surface area contributed by atoms with Gasteiger partial charge in [0.15, 0.2) is 0 Å². The summed E-state index contributed by atoms with van der Waals surface area (Å²) in [6, 6.07) is 15.4. The highest BCUT2D eigenvalue weighted by atomic mass is 16.5. The smallest absolute Gasteiger partial charge is 0.328 e. The molecule has 0 bridgehead atoms. The largest absolute Gasteiger partial charge is 0.497 e. The molecule has 19 heavy (non-hydrogen) atoms. The zero-order valence-corrected chi connectivity index (χ0v) is 10.5. The Bertz CT molecular complexity index is 598. The first kappa shape index (κ1) is 12.9. The van der Waals surface area contributed by atoms with E-state index in [4.69, 9.17) is 9.84 Å². The normalized spacial score (nSPS) is 10.6. The summed E-state index contributed by atoms with van der Waals surface area (Å²) >= 11 is 0. The number of carbonyl (C=O) groups is 1. The van der Waals surface area contributed by atoms with Gasteiger partial charge in [0.05, 0.1) is 7.11 Å². The first-order chi connectivity index (χ1) is 9.19. The van der Waals surface area contributed by atoms with E-state index in [1.807, 2.05) is 48.5 Å². The molecule has 0 aliphatic rings. The van der Waals surface area contributed by atoms with Crippen molar-refractivity contribution in [3.63, 3.8) is 0 Å². The number of hydrogen-bond donors (Lipinski definition) is 1. The SMILES string of the molecule is COc1ccc(-c2cccc(/C=C/C(=O)O)c2)cc1. The van der Waals surface area contributed by atoms with Gasteiger partial charge in [-0.2, -0.15) is 0 Å². The third-order valence-corrected chi connectivity index (χ3v) is 2.73. The van der Waals surface area contributed by atoms with Crippen LogP contribution in [0.25, 0.3) is 17.2 Å². The molecular weight excluding hydrogens is 240 g/mol. The molecule has 2 aromatic rings. The van der Waals surface area contributed by atoms with Crippen molar-refractivity contribution in [1.82, 2.24) is 0 Å². The van der Waals surface area contributed by atoms with E-state index in [0.717, 1.165) is 28.5 Å². The second kappa shape index (κ2) is 5.87. The van der Waals surface area contributed by atoms with Gasteiger partial charge in [-0.15, -0.1) is 0 Å². The van der Waals surface area contributed by atoms with E-state index in [1.54, 1.807) is 13.2 Å². The van der Waals surface area contributed by atoms with E-state index in [1.165, 1.54) is 0 Å². The van der Waals surface area contributed by atoms with Gasteiger partial charge >= 0.3 is 5.97 Å². The molecule has 0 aliphatic carbocycles. The summed E-state index contributed by atoms with van der Waals surface area (Å²) in [7, 11) is 1.63. The van der Waals surface area contributed by atoms with Crippen molar-refractivity contribution >= 4 is 12.0 Å². The Morgan fingerprint density at radius 1 is 1.11 bits per heavy atom. The van der Waals surface area contributed by atoms with Crippen LogP contribution in [-0.2, 0) is 4.79 Å². The van der Waals surface area contributed by atoms with Gasteiger partial charge < -0.3 is 9.84 Å². The molecule has 0 atom stereocenters. The Labute approximate surface area is 111 Å². The van der Waals surface area contributed by atoms with E-state index in [9.17, 15) is 4.79 Å². The van der Waals surface area contributed by atoms with Crippen molar-refractivity contribution in [1.29, 1.82) is 0 Å². The Kier molecular flexibility index (Phi) is 3.98. The van der Waals surface area contributed by atoms with Gasteiger partial charge in [-0.25, -0.2) is 4.79 Å². The number of methoxy groups -OCH3 is 1. The molecule has 0 heterocycles. The molecule has 0 aliphatic heterocycles. The monoisotopic (exact) mass is 254 g/mol. The van der Waals surface area contributed by atoms with Crippen LogP contribution < -0.4 is 4.74 Å². The molecule has 0 saturated heterocycles. The van der Waals surface area contributed by atoms with Crippen LogP contribution in [0.1, 0.15) is 5.56 Å². The van der Waals surface area contributed by atoms with E-state index in [-0.39, 0.29) is 0 Å². The fourth-order valence-electron chi connectivity index (χ4n) is 1.77. The van der Waals surface area contributed by atoms with Crippen LogP contribution >= 0.6 is 0 Å². The van der Waals surface area contributed by atoms with Crippen LogP contribution in [0.4, 0.5) is 0 Å². The van der Waals surface area contributed by atoms with Gasteiger partial charge in [0.2, 0.25) is 0 Å². The topological polar surface area (TPSA) is 46.5 Å². The lowest BCUT2D eigenvalue weighted by atomic mass is 10.0. The number of carboxylic acids is 1. The van der Waals surface area contributed by atoms with Gasteiger partial charge in [0, 0.05) is 6.08 Å². The maximum absolute atomic E-state index is 10.5. The summed E-state index contributed by atoms with van der Waals surface area (Å²) in [5.41, 5.74) is 2.96. The molecule has 2 rings (SSSR count). The second-order valence-electron chi connectivity index (χ2n) is 4.03. The second-order valence-corrected chi connectivity index (χ2v) is 4.03. The lowest BCUT2D eigenvalue weighted by Gasteiger charge is -2.04. The molecule has 1 N–H and O–H groups in total. The molecule has 0 radical (unpaired) electrons. The van der Waals surface area contributed by atoms with Crippen LogP contribution in [0.2, 0.25) is 0 Å². The van der Waals surface area contributed by atoms with Crippen molar-refractivity contribution < 1.29 is 14.6 Å². The maximum Gasteiger partial charge on any atom is 0.328 e. The molecule has 0 amide bonds. The average molecular weight is 254 g/mol. The third kappa shape index (κ3) is 3.45. The Hall–Kier alpha value is -2.55. The van der Waals surface area contributed by atoms with Gasteiger partial charge in [0.25, 0.3) is 0 Å². The van der Waals surface area contributed by atoms with Crippen LogP contribution in [0.5, 0.6) is 5.75 Å². The summed E-state index contributed by atoms with van der Waals surface area (Å²) in [4.78, 5) is 10.5. The molecule has 3 nitrogen and oxygen atoms in total. The number of aliphatic carboxylic acids is 1. The van der Waals surface area contributed by atoms with Gasteiger partial charge in [-0.3, -0.25) is 0 Å². The Balaban J connectivity index is 2.29. The summed E-state index contributed by atoms with van der Waals surface area (Å²) in [6.45, 7) is 0. The van der Waals surface area contributed by atoms with E-state index in [2.05, 4.69) is 0 Å². The van der Waals surface area contributed by atoms with Gasteiger partial charge in [0.1, 0.15) is 5.75 Å². The highest BCUT2D eigenvalue weighted by Gasteiger charge is 1.99. The molecule has 0 aromatic heterocycles. The van der Waals surface area contributed by atoms with Crippen molar-refractivity contribution in [2.45, 2.75) is 0 Å². The van der Waals surface area contributed by atoms with Crippen molar-refractivity contribution in [2.24, 2.45) is 0 Å². The number of rotatable bonds is 4. The van der Waals surface area contributed by atoms with E-state index >= 15 is 0 Å². The average Bonchev–Trinajstić information content (AvgIpc) is 2.45. The maximum atomic E-state index is 10.5. The lowest BCUT2D eigenvalue weighted by molar-refractivity contribution is -0.131. The van der Waals surface area contributed by atoms with Crippen molar-refractivity contribution in [2.75, 3.05) is 7.11 Å². The molecule has 2 aromatic carbocycles. The summed E-state index contributed by atoms with van der Waals surface area (Å²) in [6.07, 6.45) is 2.71. The first-order valence-corrected chi connectivity index (χ1v) is 5.84. The molecule has 0 fully saturated rings. The zero-order chi connectivity index (χ0) is 13.7. The predicted molar refractivity (Wildman–Crippen MR) is 75.1 cm³/mol.